The van der Waals surface area contributed by atoms with Gasteiger partial charge in [0.25, 0.3) is 0 Å². The van der Waals surface area contributed by atoms with Crippen molar-refractivity contribution in [1.29, 1.82) is 0 Å². The summed E-state index contributed by atoms with van der Waals surface area (Å²) in [6, 6.07) is 4.99. The number of aldehydes is 1. The van der Waals surface area contributed by atoms with Crippen LogP contribution in [0.25, 0.3) is 0 Å². The Kier molecular flexibility index (Phi) is 5.84. The van der Waals surface area contributed by atoms with E-state index in [4.69, 9.17) is 9.47 Å². The predicted octanol–water partition coefficient (Wildman–Crippen LogP) is 3.31. The van der Waals surface area contributed by atoms with Crippen LogP contribution >= 0.6 is 0 Å². The van der Waals surface area contributed by atoms with Gasteiger partial charge in [-0.15, -0.1) is 0 Å². The van der Waals surface area contributed by atoms with Crippen molar-refractivity contribution in [3.05, 3.63) is 48.3 Å². The number of benzene rings is 1. The molecule has 108 valence electrons. The molecule has 4 nitrogen and oxygen atoms in total. The second-order valence-electron chi connectivity index (χ2n) is 4.53. The van der Waals surface area contributed by atoms with Gasteiger partial charge in [-0.1, -0.05) is 18.2 Å². The summed E-state index contributed by atoms with van der Waals surface area (Å²) in [5.41, 5.74) is 1.90. The summed E-state index contributed by atoms with van der Waals surface area (Å²) >= 11 is 0. The summed E-state index contributed by atoms with van der Waals surface area (Å²) in [5, 5.41) is 0. The number of methoxy groups -OCH3 is 2. The molecule has 0 fully saturated rings. The van der Waals surface area contributed by atoms with Crippen LogP contribution in [-0.2, 0) is 4.79 Å². The van der Waals surface area contributed by atoms with Gasteiger partial charge in [0.05, 0.1) is 14.2 Å². The van der Waals surface area contributed by atoms with Gasteiger partial charge in [-0.25, -0.2) is 0 Å². The molecule has 0 aliphatic carbocycles. The molecule has 0 spiro atoms. The largest absolute Gasteiger partial charge is 0.493 e. The third-order valence-electron chi connectivity index (χ3n) is 2.82. The number of hydrogen-bond acceptors (Lipinski definition) is 4. The Balaban J connectivity index is 3.21. The second-order valence-corrected chi connectivity index (χ2v) is 4.53. The molecule has 0 heterocycles. The van der Waals surface area contributed by atoms with Gasteiger partial charge in [-0.3, -0.25) is 0 Å². The maximum Gasteiger partial charge on any atom is 0.161 e. The lowest BCUT2D eigenvalue weighted by atomic mass is 10.1. The van der Waals surface area contributed by atoms with Crippen LogP contribution < -0.4 is 9.47 Å². The standard InChI is InChI=1S/C16H21NO3/c1-6-17(10-12(2)3)14(11-18)13-7-8-15(19-4)16(9-13)20-5/h6-11,14H,1H2,2-5H3. The first-order chi connectivity index (χ1) is 9.57. The highest BCUT2D eigenvalue weighted by Crippen LogP contribution is 2.31. The lowest BCUT2D eigenvalue weighted by Crippen LogP contribution is -2.19. The van der Waals surface area contributed by atoms with Crippen molar-refractivity contribution in [1.82, 2.24) is 4.90 Å². The molecule has 0 N–H and O–H groups in total. The Labute approximate surface area is 120 Å². The Morgan fingerprint density at radius 3 is 2.35 bits per heavy atom. The van der Waals surface area contributed by atoms with Crippen molar-refractivity contribution in [3.8, 4) is 11.5 Å². The van der Waals surface area contributed by atoms with Crippen LogP contribution in [0.3, 0.4) is 0 Å². The third kappa shape index (κ3) is 3.63. The van der Waals surface area contributed by atoms with Crippen molar-refractivity contribution in [2.24, 2.45) is 0 Å². The number of rotatable bonds is 7. The van der Waals surface area contributed by atoms with E-state index in [1.54, 1.807) is 37.5 Å². The second kappa shape index (κ2) is 7.38. The van der Waals surface area contributed by atoms with Crippen LogP contribution in [0.4, 0.5) is 0 Å². The summed E-state index contributed by atoms with van der Waals surface area (Å²) in [6.45, 7) is 7.68. The van der Waals surface area contributed by atoms with E-state index in [1.807, 2.05) is 26.1 Å². The quantitative estimate of drug-likeness (QED) is 0.716. The monoisotopic (exact) mass is 275 g/mol. The Bertz CT molecular complexity index is 504. The first-order valence-corrected chi connectivity index (χ1v) is 6.29. The van der Waals surface area contributed by atoms with E-state index in [0.717, 1.165) is 17.4 Å². The number of ether oxygens (including phenoxy) is 2. The SMILES string of the molecule is C=CN(C=C(C)C)C(C=O)c1ccc(OC)c(OC)c1. The minimum Gasteiger partial charge on any atom is -0.493 e. The zero-order chi connectivity index (χ0) is 15.1. The maximum atomic E-state index is 11.5. The van der Waals surface area contributed by atoms with E-state index in [0.29, 0.717) is 11.5 Å². The van der Waals surface area contributed by atoms with E-state index in [2.05, 4.69) is 6.58 Å². The fourth-order valence-electron chi connectivity index (χ4n) is 1.90. The van der Waals surface area contributed by atoms with Gasteiger partial charge in [0, 0.05) is 6.20 Å². The maximum absolute atomic E-state index is 11.5. The topological polar surface area (TPSA) is 38.8 Å². The average Bonchev–Trinajstić information content (AvgIpc) is 2.46. The third-order valence-corrected chi connectivity index (χ3v) is 2.82. The molecule has 0 aromatic heterocycles. The van der Waals surface area contributed by atoms with E-state index in [-0.39, 0.29) is 0 Å². The summed E-state index contributed by atoms with van der Waals surface area (Å²) in [7, 11) is 3.15. The van der Waals surface area contributed by atoms with Gasteiger partial charge in [-0.05, 0) is 37.7 Å². The minimum absolute atomic E-state index is 0.442. The number of carbonyl (C=O) groups excluding carboxylic acids is 1. The lowest BCUT2D eigenvalue weighted by Gasteiger charge is -2.24. The fourth-order valence-corrected chi connectivity index (χ4v) is 1.90. The Morgan fingerprint density at radius 2 is 1.90 bits per heavy atom. The molecular weight excluding hydrogens is 254 g/mol. The van der Waals surface area contributed by atoms with Crippen LogP contribution in [0, 0.1) is 0 Å². The highest BCUT2D eigenvalue weighted by Gasteiger charge is 2.17. The molecule has 0 saturated carbocycles. The lowest BCUT2D eigenvalue weighted by molar-refractivity contribution is -0.111. The van der Waals surface area contributed by atoms with E-state index < -0.39 is 6.04 Å². The molecule has 0 aliphatic heterocycles. The van der Waals surface area contributed by atoms with Gasteiger partial charge in [-0.2, -0.15) is 0 Å². The molecule has 0 radical (unpaired) electrons. The molecule has 1 rings (SSSR count). The van der Waals surface area contributed by atoms with Crippen molar-refractivity contribution in [2.45, 2.75) is 19.9 Å². The number of nitrogens with zero attached hydrogens (tertiary/aromatic N) is 1. The molecular formula is C16H21NO3. The van der Waals surface area contributed by atoms with E-state index in [9.17, 15) is 4.79 Å². The molecule has 20 heavy (non-hydrogen) atoms. The van der Waals surface area contributed by atoms with Crippen molar-refractivity contribution < 1.29 is 14.3 Å². The van der Waals surface area contributed by atoms with Gasteiger partial charge < -0.3 is 19.2 Å². The molecule has 1 aromatic carbocycles. The Morgan fingerprint density at radius 1 is 1.25 bits per heavy atom. The molecule has 0 amide bonds. The van der Waals surface area contributed by atoms with Crippen molar-refractivity contribution in [2.75, 3.05) is 14.2 Å². The fraction of sp³-hybridized carbons (Fsp3) is 0.312. The zero-order valence-corrected chi connectivity index (χ0v) is 12.4. The molecule has 4 heteroatoms. The van der Waals surface area contributed by atoms with Crippen LogP contribution in [0.1, 0.15) is 25.5 Å². The highest BCUT2D eigenvalue weighted by atomic mass is 16.5. The van der Waals surface area contributed by atoms with E-state index >= 15 is 0 Å². The molecule has 0 saturated heterocycles. The van der Waals surface area contributed by atoms with Gasteiger partial charge in [0.1, 0.15) is 12.3 Å². The molecule has 0 bridgehead atoms. The first-order valence-electron chi connectivity index (χ1n) is 6.29. The summed E-state index contributed by atoms with van der Waals surface area (Å²) < 4.78 is 10.5. The highest BCUT2D eigenvalue weighted by molar-refractivity contribution is 5.63. The number of carbonyl (C=O) groups is 1. The van der Waals surface area contributed by atoms with Crippen LogP contribution in [-0.4, -0.2) is 25.4 Å². The summed E-state index contributed by atoms with van der Waals surface area (Å²) in [5.74, 6) is 1.23. The number of hydrogen-bond donors (Lipinski definition) is 0. The molecule has 0 aliphatic rings. The molecule has 1 aromatic rings. The summed E-state index contributed by atoms with van der Waals surface area (Å²) in [4.78, 5) is 13.2. The molecule has 1 atom stereocenters. The van der Waals surface area contributed by atoms with Crippen molar-refractivity contribution >= 4 is 6.29 Å². The zero-order valence-electron chi connectivity index (χ0n) is 12.4. The first kappa shape index (κ1) is 15.8. The average molecular weight is 275 g/mol. The van der Waals surface area contributed by atoms with E-state index in [1.165, 1.54) is 0 Å². The van der Waals surface area contributed by atoms with Gasteiger partial charge in [0.2, 0.25) is 0 Å². The summed E-state index contributed by atoms with van der Waals surface area (Å²) in [6.07, 6.45) is 4.38. The smallest absolute Gasteiger partial charge is 0.161 e. The van der Waals surface area contributed by atoms with Gasteiger partial charge in [0.15, 0.2) is 11.5 Å². The van der Waals surface area contributed by atoms with Crippen molar-refractivity contribution in [3.63, 3.8) is 0 Å². The normalized spacial score (nSPS) is 11.2. The predicted molar refractivity (Wildman–Crippen MR) is 79.8 cm³/mol. The molecule has 1 unspecified atom stereocenters. The Hall–Kier alpha value is -2.23. The van der Waals surface area contributed by atoms with Crippen LogP contribution in [0.15, 0.2) is 42.8 Å². The van der Waals surface area contributed by atoms with Crippen LogP contribution in [0.5, 0.6) is 11.5 Å². The van der Waals surface area contributed by atoms with Crippen LogP contribution in [0.2, 0.25) is 0 Å². The minimum atomic E-state index is -0.442. The van der Waals surface area contributed by atoms with Gasteiger partial charge >= 0.3 is 0 Å². The number of allylic oxidation sites excluding steroid dienone is 1.